The number of fused-ring (bicyclic) bond motifs is 1. The molecule has 1 heterocycles. The standard InChI is InChI=1S/C8H9N3O2/c9-8(10)11-5-2-1-3-6-7(5)13-4-12-6/h1-3H,4H2,(H4,9,10,11). The van der Waals surface area contributed by atoms with Gasteiger partial charge in [-0.25, -0.2) is 4.99 Å². The maximum Gasteiger partial charge on any atom is 0.231 e. The average molecular weight is 179 g/mol. The van der Waals surface area contributed by atoms with E-state index in [-0.39, 0.29) is 12.8 Å². The van der Waals surface area contributed by atoms with Crippen molar-refractivity contribution in [2.75, 3.05) is 6.79 Å². The van der Waals surface area contributed by atoms with Crippen molar-refractivity contribution in [3.63, 3.8) is 0 Å². The van der Waals surface area contributed by atoms with Crippen molar-refractivity contribution < 1.29 is 9.47 Å². The lowest BCUT2D eigenvalue weighted by molar-refractivity contribution is 0.174. The van der Waals surface area contributed by atoms with E-state index in [0.29, 0.717) is 17.2 Å². The maximum absolute atomic E-state index is 5.25. The SMILES string of the molecule is NC(N)=Nc1cccc2c1OCO2. The lowest BCUT2D eigenvalue weighted by Gasteiger charge is -1.99. The topological polar surface area (TPSA) is 82.9 Å². The van der Waals surface area contributed by atoms with Crippen molar-refractivity contribution in [3.05, 3.63) is 18.2 Å². The highest BCUT2D eigenvalue weighted by Crippen LogP contribution is 2.40. The number of rotatable bonds is 1. The van der Waals surface area contributed by atoms with Crippen LogP contribution in [0.5, 0.6) is 11.5 Å². The zero-order valence-electron chi connectivity index (χ0n) is 6.86. The van der Waals surface area contributed by atoms with Crippen LogP contribution in [0.1, 0.15) is 0 Å². The maximum atomic E-state index is 5.25. The summed E-state index contributed by atoms with van der Waals surface area (Å²) in [6, 6.07) is 5.36. The Hall–Kier alpha value is -1.91. The number of guanidine groups is 1. The van der Waals surface area contributed by atoms with E-state index in [1.165, 1.54) is 0 Å². The minimum Gasteiger partial charge on any atom is -0.454 e. The quantitative estimate of drug-likeness (QED) is 0.480. The summed E-state index contributed by atoms with van der Waals surface area (Å²) in [6.07, 6.45) is 0. The molecular weight excluding hydrogens is 170 g/mol. The van der Waals surface area contributed by atoms with Crippen LogP contribution < -0.4 is 20.9 Å². The normalized spacial score (nSPS) is 12.6. The number of aliphatic imine (C=N–C) groups is 1. The van der Waals surface area contributed by atoms with Gasteiger partial charge in [-0.1, -0.05) is 6.07 Å². The van der Waals surface area contributed by atoms with Crippen LogP contribution in [0.25, 0.3) is 0 Å². The third-order valence-corrected chi connectivity index (χ3v) is 1.63. The van der Waals surface area contributed by atoms with Gasteiger partial charge in [0, 0.05) is 0 Å². The first-order valence-electron chi connectivity index (χ1n) is 3.75. The van der Waals surface area contributed by atoms with Gasteiger partial charge in [-0.2, -0.15) is 0 Å². The van der Waals surface area contributed by atoms with E-state index in [9.17, 15) is 0 Å². The molecule has 68 valence electrons. The van der Waals surface area contributed by atoms with Gasteiger partial charge in [-0.3, -0.25) is 0 Å². The van der Waals surface area contributed by atoms with Gasteiger partial charge in [-0.15, -0.1) is 0 Å². The molecule has 0 saturated carbocycles. The number of hydrogen-bond donors (Lipinski definition) is 2. The van der Waals surface area contributed by atoms with Gasteiger partial charge in [0.05, 0.1) is 0 Å². The molecule has 13 heavy (non-hydrogen) atoms. The van der Waals surface area contributed by atoms with Gasteiger partial charge >= 0.3 is 0 Å². The van der Waals surface area contributed by atoms with Crippen molar-refractivity contribution in [2.24, 2.45) is 16.5 Å². The summed E-state index contributed by atoms with van der Waals surface area (Å²) in [5, 5.41) is 0. The molecule has 1 aliphatic rings. The number of nitrogens with zero attached hydrogens (tertiary/aromatic N) is 1. The molecule has 0 fully saturated rings. The number of nitrogens with two attached hydrogens (primary N) is 2. The Labute approximate surface area is 75.0 Å². The van der Waals surface area contributed by atoms with E-state index in [0.717, 1.165) is 0 Å². The molecule has 0 radical (unpaired) electrons. The molecule has 0 unspecified atom stereocenters. The Morgan fingerprint density at radius 1 is 1.31 bits per heavy atom. The first-order chi connectivity index (χ1) is 6.27. The molecule has 5 nitrogen and oxygen atoms in total. The molecule has 0 saturated heterocycles. The molecule has 0 spiro atoms. The number of para-hydroxylation sites is 1. The van der Waals surface area contributed by atoms with Gasteiger partial charge in [-0.05, 0) is 12.1 Å². The van der Waals surface area contributed by atoms with E-state index >= 15 is 0 Å². The van der Waals surface area contributed by atoms with Crippen LogP contribution in [0.3, 0.4) is 0 Å². The number of benzene rings is 1. The molecule has 0 atom stereocenters. The molecule has 2 rings (SSSR count). The van der Waals surface area contributed by atoms with E-state index in [1.807, 2.05) is 0 Å². The third kappa shape index (κ3) is 1.35. The molecular formula is C8H9N3O2. The number of hydrogen-bond acceptors (Lipinski definition) is 3. The van der Waals surface area contributed by atoms with Crippen LogP contribution in [0, 0.1) is 0 Å². The molecule has 1 aromatic rings. The van der Waals surface area contributed by atoms with Crippen molar-refractivity contribution in [3.8, 4) is 11.5 Å². The van der Waals surface area contributed by atoms with Crippen LogP contribution in [0.4, 0.5) is 5.69 Å². The van der Waals surface area contributed by atoms with Crippen molar-refractivity contribution in [2.45, 2.75) is 0 Å². The summed E-state index contributed by atoms with van der Waals surface area (Å²) in [5.74, 6) is 1.27. The van der Waals surface area contributed by atoms with E-state index in [1.54, 1.807) is 18.2 Å². The molecule has 0 aromatic heterocycles. The Kier molecular flexibility index (Phi) is 1.70. The molecule has 1 aromatic carbocycles. The highest BCUT2D eigenvalue weighted by molar-refractivity contribution is 5.80. The second-order valence-electron chi connectivity index (χ2n) is 2.55. The van der Waals surface area contributed by atoms with E-state index in [2.05, 4.69) is 4.99 Å². The van der Waals surface area contributed by atoms with E-state index < -0.39 is 0 Å². The van der Waals surface area contributed by atoms with Gasteiger partial charge in [0.1, 0.15) is 5.69 Å². The highest BCUT2D eigenvalue weighted by atomic mass is 16.7. The molecule has 1 aliphatic heterocycles. The van der Waals surface area contributed by atoms with Crippen LogP contribution in [-0.2, 0) is 0 Å². The van der Waals surface area contributed by atoms with Gasteiger partial charge in [0.25, 0.3) is 0 Å². The molecule has 4 N–H and O–H groups in total. The van der Waals surface area contributed by atoms with Crippen LogP contribution in [0.15, 0.2) is 23.2 Å². The Morgan fingerprint density at radius 3 is 2.92 bits per heavy atom. The minimum atomic E-state index is 0.00361. The van der Waals surface area contributed by atoms with Gasteiger partial charge in [0.2, 0.25) is 6.79 Å². The fourth-order valence-electron chi connectivity index (χ4n) is 1.14. The largest absolute Gasteiger partial charge is 0.454 e. The monoisotopic (exact) mass is 179 g/mol. The van der Waals surface area contributed by atoms with Gasteiger partial charge < -0.3 is 20.9 Å². The second kappa shape index (κ2) is 2.85. The Morgan fingerprint density at radius 2 is 2.15 bits per heavy atom. The predicted octanol–water partition coefficient (Wildman–Crippen LogP) is 0.320. The lowest BCUT2D eigenvalue weighted by Crippen LogP contribution is -2.21. The first kappa shape index (κ1) is 7.72. The van der Waals surface area contributed by atoms with Crippen LogP contribution in [0.2, 0.25) is 0 Å². The lowest BCUT2D eigenvalue weighted by atomic mass is 10.3. The molecule has 5 heteroatoms. The second-order valence-corrected chi connectivity index (χ2v) is 2.55. The summed E-state index contributed by atoms with van der Waals surface area (Å²) in [4.78, 5) is 3.90. The summed E-state index contributed by atoms with van der Waals surface area (Å²) < 4.78 is 10.3. The molecule has 0 aliphatic carbocycles. The summed E-state index contributed by atoms with van der Waals surface area (Å²) in [7, 11) is 0. The zero-order chi connectivity index (χ0) is 9.26. The summed E-state index contributed by atoms with van der Waals surface area (Å²) >= 11 is 0. The van der Waals surface area contributed by atoms with E-state index in [4.69, 9.17) is 20.9 Å². The Bertz CT molecular complexity index is 358. The third-order valence-electron chi connectivity index (χ3n) is 1.63. The van der Waals surface area contributed by atoms with Crippen LogP contribution >= 0.6 is 0 Å². The van der Waals surface area contributed by atoms with Crippen molar-refractivity contribution >= 4 is 11.6 Å². The average Bonchev–Trinajstić information content (AvgIpc) is 2.51. The van der Waals surface area contributed by atoms with Crippen molar-refractivity contribution in [1.82, 2.24) is 0 Å². The highest BCUT2D eigenvalue weighted by Gasteiger charge is 2.16. The number of ether oxygens (including phenoxy) is 2. The fourth-order valence-corrected chi connectivity index (χ4v) is 1.14. The summed E-state index contributed by atoms with van der Waals surface area (Å²) in [6.45, 7) is 0.215. The predicted molar refractivity (Wildman–Crippen MR) is 48.0 cm³/mol. The summed E-state index contributed by atoms with van der Waals surface area (Å²) in [5.41, 5.74) is 11.1. The van der Waals surface area contributed by atoms with Crippen molar-refractivity contribution in [1.29, 1.82) is 0 Å². The smallest absolute Gasteiger partial charge is 0.231 e. The van der Waals surface area contributed by atoms with Crippen LogP contribution in [-0.4, -0.2) is 12.8 Å². The zero-order valence-corrected chi connectivity index (χ0v) is 6.86. The molecule has 0 bridgehead atoms. The van der Waals surface area contributed by atoms with Gasteiger partial charge in [0.15, 0.2) is 17.5 Å². The fraction of sp³-hybridized carbons (Fsp3) is 0.125. The minimum absolute atomic E-state index is 0.00361. The Balaban J connectivity index is 2.47. The molecule has 0 amide bonds. The first-order valence-corrected chi connectivity index (χ1v) is 3.75.